The van der Waals surface area contributed by atoms with Gasteiger partial charge >= 0.3 is 5.97 Å². The Morgan fingerprint density at radius 2 is 1.71 bits per heavy atom. The lowest BCUT2D eigenvalue weighted by Gasteiger charge is -2.11. The molecule has 0 saturated heterocycles. The summed E-state index contributed by atoms with van der Waals surface area (Å²) in [5, 5.41) is 2.03. The minimum Gasteiger partial charge on any atom is -0.493 e. The zero-order valence-corrected chi connectivity index (χ0v) is 16.0. The second-order valence-electron chi connectivity index (χ2n) is 6.49. The highest BCUT2D eigenvalue weighted by Crippen LogP contribution is 2.29. The maximum atomic E-state index is 11.4. The topological polar surface area (TPSA) is 44.8 Å². The lowest BCUT2D eigenvalue weighted by Crippen LogP contribution is -2.12. The molecule has 0 fully saturated rings. The highest BCUT2D eigenvalue weighted by atomic mass is 16.6. The van der Waals surface area contributed by atoms with E-state index in [0.29, 0.717) is 12.2 Å². The van der Waals surface area contributed by atoms with Crippen LogP contribution in [-0.4, -0.2) is 25.8 Å². The van der Waals surface area contributed by atoms with Crippen LogP contribution in [0.25, 0.3) is 10.8 Å². The number of ether oxygens (including phenoxy) is 3. The molecule has 0 unspecified atom stereocenters. The molecule has 0 aliphatic carbocycles. The summed E-state index contributed by atoms with van der Waals surface area (Å²) in [5.74, 6) is 1.18. The van der Waals surface area contributed by atoms with Gasteiger partial charge in [-0.1, -0.05) is 49.0 Å². The van der Waals surface area contributed by atoms with Gasteiger partial charge in [-0.2, -0.15) is 0 Å². The van der Waals surface area contributed by atoms with Crippen LogP contribution in [0.3, 0.4) is 0 Å². The van der Waals surface area contributed by atoms with E-state index in [1.807, 2.05) is 54.6 Å². The van der Waals surface area contributed by atoms with Gasteiger partial charge in [0.2, 0.25) is 0 Å². The first kappa shape index (κ1) is 19.5. The van der Waals surface area contributed by atoms with E-state index in [0.717, 1.165) is 28.7 Å². The first-order valence-corrected chi connectivity index (χ1v) is 9.28. The smallest absolute Gasteiger partial charge is 0.333 e. The van der Waals surface area contributed by atoms with Crippen LogP contribution in [0.1, 0.15) is 12.5 Å². The predicted octanol–water partition coefficient (Wildman–Crippen LogP) is 4.96. The minimum absolute atomic E-state index is 0.183. The molecule has 144 valence electrons. The van der Waals surface area contributed by atoms with E-state index >= 15 is 0 Å². The first-order valence-electron chi connectivity index (χ1n) is 9.28. The van der Waals surface area contributed by atoms with Crippen molar-refractivity contribution in [3.63, 3.8) is 0 Å². The van der Waals surface area contributed by atoms with E-state index in [9.17, 15) is 4.79 Å². The van der Waals surface area contributed by atoms with E-state index in [2.05, 4.69) is 18.7 Å². The van der Waals surface area contributed by atoms with Crippen LogP contribution >= 0.6 is 0 Å². The number of rotatable bonds is 9. The van der Waals surface area contributed by atoms with Crippen molar-refractivity contribution in [2.75, 3.05) is 19.8 Å². The molecule has 0 spiro atoms. The molecular weight excluding hydrogens is 352 g/mol. The molecule has 0 aromatic heterocycles. The van der Waals surface area contributed by atoms with Gasteiger partial charge in [-0.15, -0.1) is 0 Å². The molecule has 0 amide bonds. The molecule has 3 rings (SSSR count). The summed E-state index contributed by atoms with van der Waals surface area (Å²) in [6.45, 7) is 6.26. The van der Waals surface area contributed by atoms with Crippen molar-refractivity contribution in [3.05, 3.63) is 84.4 Å². The molecule has 0 radical (unpaired) electrons. The van der Waals surface area contributed by atoms with Crippen molar-refractivity contribution >= 4 is 16.7 Å². The van der Waals surface area contributed by atoms with E-state index in [1.54, 1.807) is 6.92 Å². The number of esters is 1. The highest BCUT2D eigenvalue weighted by molar-refractivity contribution is 5.89. The van der Waals surface area contributed by atoms with Gasteiger partial charge in [0.1, 0.15) is 24.7 Å². The monoisotopic (exact) mass is 376 g/mol. The molecule has 0 saturated carbocycles. The number of carbonyl (C=O) groups is 1. The van der Waals surface area contributed by atoms with Gasteiger partial charge in [-0.3, -0.25) is 0 Å². The quantitative estimate of drug-likeness (QED) is 0.301. The van der Waals surface area contributed by atoms with Crippen LogP contribution in [0.2, 0.25) is 0 Å². The second kappa shape index (κ2) is 9.60. The van der Waals surface area contributed by atoms with Crippen molar-refractivity contribution in [2.24, 2.45) is 0 Å². The largest absolute Gasteiger partial charge is 0.493 e. The Morgan fingerprint density at radius 3 is 2.50 bits per heavy atom. The van der Waals surface area contributed by atoms with Crippen molar-refractivity contribution < 1.29 is 19.0 Å². The maximum absolute atomic E-state index is 11.4. The molecule has 28 heavy (non-hydrogen) atoms. The van der Waals surface area contributed by atoms with Gasteiger partial charge in [-0.25, -0.2) is 4.79 Å². The molecule has 3 aromatic carbocycles. The van der Waals surface area contributed by atoms with Crippen LogP contribution < -0.4 is 9.47 Å². The Morgan fingerprint density at radius 1 is 0.893 bits per heavy atom. The Labute approximate surface area is 165 Å². The molecular formula is C24H24O4. The standard InChI is InChI=1S/C24H24O4/c1-18(2)24(25)28-16-15-27-23-10-6-9-20-17-21(11-12-22(20)23)26-14-13-19-7-4-3-5-8-19/h3-12,17H,1,13-16H2,2H3. The Kier molecular flexibility index (Phi) is 6.68. The lowest BCUT2D eigenvalue weighted by molar-refractivity contribution is -0.139. The third-order valence-electron chi connectivity index (χ3n) is 4.24. The molecule has 4 nitrogen and oxygen atoms in total. The number of carbonyl (C=O) groups excluding carboxylic acids is 1. The van der Waals surface area contributed by atoms with Crippen LogP contribution in [0.15, 0.2) is 78.9 Å². The summed E-state index contributed by atoms with van der Waals surface area (Å²) >= 11 is 0. The minimum atomic E-state index is -0.404. The third-order valence-corrected chi connectivity index (χ3v) is 4.24. The van der Waals surface area contributed by atoms with E-state index in [-0.39, 0.29) is 13.2 Å². The first-order chi connectivity index (χ1) is 13.6. The van der Waals surface area contributed by atoms with Crippen molar-refractivity contribution in [2.45, 2.75) is 13.3 Å². The average Bonchev–Trinajstić information content (AvgIpc) is 2.71. The number of hydrogen-bond donors (Lipinski definition) is 0. The molecule has 0 N–H and O–H groups in total. The van der Waals surface area contributed by atoms with Crippen molar-refractivity contribution in [3.8, 4) is 11.5 Å². The van der Waals surface area contributed by atoms with E-state index in [1.165, 1.54) is 5.56 Å². The predicted molar refractivity (Wildman–Crippen MR) is 111 cm³/mol. The van der Waals surface area contributed by atoms with E-state index < -0.39 is 5.97 Å². The van der Waals surface area contributed by atoms with Gasteiger partial charge in [0.25, 0.3) is 0 Å². The Bertz CT molecular complexity index is 947. The summed E-state index contributed by atoms with van der Waals surface area (Å²) in [6, 6.07) is 22.1. The highest BCUT2D eigenvalue weighted by Gasteiger charge is 2.06. The van der Waals surface area contributed by atoms with Crippen LogP contribution in [0, 0.1) is 0 Å². The maximum Gasteiger partial charge on any atom is 0.333 e. The summed E-state index contributed by atoms with van der Waals surface area (Å²) < 4.78 is 16.7. The van der Waals surface area contributed by atoms with Crippen molar-refractivity contribution in [1.82, 2.24) is 0 Å². The van der Waals surface area contributed by atoms with Gasteiger partial charge in [0.15, 0.2) is 0 Å². The summed E-state index contributed by atoms with van der Waals surface area (Å²) in [6.07, 6.45) is 0.866. The Balaban J connectivity index is 1.57. The molecule has 0 bridgehead atoms. The summed E-state index contributed by atoms with van der Waals surface area (Å²) in [7, 11) is 0. The normalized spacial score (nSPS) is 10.5. The lowest BCUT2D eigenvalue weighted by atomic mass is 10.1. The fourth-order valence-electron chi connectivity index (χ4n) is 2.79. The van der Waals surface area contributed by atoms with Gasteiger partial charge in [-0.05, 0) is 42.1 Å². The fourth-order valence-corrected chi connectivity index (χ4v) is 2.79. The zero-order chi connectivity index (χ0) is 19.8. The number of fused-ring (bicyclic) bond motifs is 1. The number of benzene rings is 3. The van der Waals surface area contributed by atoms with Gasteiger partial charge in [0, 0.05) is 17.4 Å². The van der Waals surface area contributed by atoms with Crippen LogP contribution in [0.4, 0.5) is 0 Å². The summed E-state index contributed by atoms with van der Waals surface area (Å²) in [5.41, 5.74) is 1.64. The molecule has 0 aliphatic rings. The molecule has 3 aromatic rings. The van der Waals surface area contributed by atoms with Crippen LogP contribution in [0.5, 0.6) is 11.5 Å². The average molecular weight is 376 g/mol. The van der Waals surface area contributed by atoms with Gasteiger partial charge in [0.05, 0.1) is 6.61 Å². The van der Waals surface area contributed by atoms with Crippen LogP contribution in [-0.2, 0) is 16.0 Å². The SMILES string of the molecule is C=C(C)C(=O)OCCOc1cccc2cc(OCCc3ccccc3)ccc12. The summed E-state index contributed by atoms with van der Waals surface area (Å²) in [4.78, 5) is 11.4. The Hall–Kier alpha value is -3.27. The number of hydrogen-bond acceptors (Lipinski definition) is 4. The van der Waals surface area contributed by atoms with Gasteiger partial charge < -0.3 is 14.2 Å². The molecule has 0 aliphatic heterocycles. The molecule has 0 atom stereocenters. The third kappa shape index (κ3) is 5.36. The second-order valence-corrected chi connectivity index (χ2v) is 6.49. The zero-order valence-electron chi connectivity index (χ0n) is 16.0. The van der Waals surface area contributed by atoms with Crippen molar-refractivity contribution in [1.29, 1.82) is 0 Å². The molecule has 4 heteroatoms. The molecule has 0 heterocycles. The van der Waals surface area contributed by atoms with E-state index in [4.69, 9.17) is 14.2 Å². The fraction of sp³-hybridized carbons (Fsp3) is 0.208.